The van der Waals surface area contributed by atoms with Gasteiger partial charge >= 0.3 is 146 Å². The van der Waals surface area contributed by atoms with E-state index in [1.54, 1.807) is 0 Å². The van der Waals surface area contributed by atoms with Crippen molar-refractivity contribution in [2.24, 2.45) is 5.92 Å². The molecule has 0 aliphatic carbocycles. The van der Waals surface area contributed by atoms with Crippen LogP contribution < -0.4 is 15.9 Å². The summed E-state index contributed by atoms with van der Waals surface area (Å²) < 4.78 is 0. The van der Waals surface area contributed by atoms with Gasteiger partial charge < -0.3 is 0 Å². The van der Waals surface area contributed by atoms with Crippen LogP contribution in [0.4, 0.5) is 0 Å². The molecule has 24 heavy (non-hydrogen) atoms. The first-order valence-corrected chi connectivity index (χ1v) is 11.6. The van der Waals surface area contributed by atoms with Crippen LogP contribution in [0.5, 0.6) is 0 Å². The summed E-state index contributed by atoms with van der Waals surface area (Å²) >= 11 is 0. The molecule has 0 saturated heterocycles. The monoisotopic (exact) mass is 334 g/mol. The van der Waals surface area contributed by atoms with Crippen LogP contribution in [0.15, 0.2) is 91.0 Å². The molecule has 3 aromatic rings. The molecule has 0 fully saturated rings. The molecule has 0 atom stereocenters. The van der Waals surface area contributed by atoms with Crippen molar-refractivity contribution in [3.63, 3.8) is 0 Å². The first-order chi connectivity index (χ1) is 11.6. The first kappa shape index (κ1) is 16.9. The predicted octanol–water partition coefficient (Wildman–Crippen LogP) is 4.80. The molecule has 0 spiro atoms. The fourth-order valence-corrected chi connectivity index (χ4v) is 10.5. The Bertz CT molecular complexity index is 677. The first-order valence-electron chi connectivity index (χ1n) is 8.73. The fraction of sp³-hybridized carbons (Fsp3) is 0.217. The molecule has 124 valence electrons. The van der Waals surface area contributed by atoms with Crippen LogP contribution in [-0.2, 0) is 0 Å². The van der Waals surface area contributed by atoms with Crippen molar-refractivity contribution in [2.75, 3.05) is 12.8 Å². The van der Waals surface area contributed by atoms with Crippen LogP contribution in [-0.4, -0.2) is 12.8 Å². The van der Waals surface area contributed by atoms with Gasteiger partial charge in [0.25, 0.3) is 0 Å². The van der Waals surface area contributed by atoms with E-state index in [-0.39, 0.29) is 0 Å². The van der Waals surface area contributed by atoms with Gasteiger partial charge in [0.2, 0.25) is 0 Å². The van der Waals surface area contributed by atoms with E-state index in [4.69, 9.17) is 0 Å². The van der Waals surface area contributed by atoms with E-state index < -0.39 is 6.60 Å². The molecule has 0 nitrogen and oxygen atoms in total. The summed E-state index contributed by atoms with van der Waals surface area (Å²) in [5.41, 5.74) is 0. The summed E-state index contributed by atoms with van der Waals surface area (Å²) in [6.07, 6.45) is 1.18. The van der Waals surface area contributed by atoms with Gasteiger partial charge in [-0.15, -0.1) is 0 Å². The van der Waals surface area contributed by atoms with Crippen molar-refractivity contribution in [3.05, 3.63) is 91.0 Å². The zero-order valence-corrected chi connectivity index (χ0v) is 15.8. The number of rotatable bonds is 5. The van der Waals surface area contributed by atoms with Crippen LogP contribution >= 0.6 is 6.60 Å². The SMILES string of the molecule is CC(C)CP(C)(c1ccccc1)(c1ccccc1)c1ccccc1. The summed E-state index contributed by atoms with van der Waals surface area (Å²) in [6, 6.07) is 33.5. The summed E-state index contributed by atoms with van der Waals surface area (Å²) in [5.74, 6) is 0.619. The van der Waals surface area contributed by atoms with Gasteiger partial charge in [0.15, 0.2) is 0 Å². The standard InChI is InChI=1S/C23H27P/c1-20(2)19-24(3,21-13-7-4-8-14-21,22-15-9-5-10-16-22)23-17-11-6-12-18-23/h4-18,20H,19H2,1-3H3. The van der Waals surface area contributed by atoms with Crippen LogP contribution in [0.2, 0.25) is 0 Å². The molecule has 1 heteroatoms. The maximum absolute atomic E-state index is 2.55. The van der Waals surface area contributed by atoms with Gasteiger partial charge in [-0.25, -0.2) is 0 Å². The minimum atomic E-state index is -2.50. The Balaban J connectivity index is 2.42. The Labute approximate surface area is 146 Å². The summed E-state index contributed by atoms with van der Waals surface area (Å²) in [7, 11) is 0. The molecule has 0 bridgehead atoms. The normalized spacial score (nSPS) is 13.4. The van der Waals surface area contributed by atoms with Gasteiger partial charge in [0.05, 0.1) is 0 Å². The van der Waals surface area contributed by atoms with Crippen molar-refractivity contribution in [1.29, 1.82) is 0 Å². The third kappa shape index (κ3) is 2.70. The van der Waals surface area contributed by atoms with Crippen molar-refractivity contribution < 1.29 is 0 Å². The molecule has 0 amide bonds. The summed E-state index contributed by atoms with van der Waals surface area (Å²) in [5, 5.41) is 4.44. The van der Waals surface area contributed by atoms with Gasteiger partial charge in [0.1, 0.15) is 0 Å². The minimum absolute atomic E-state index is 0.619. The molecule has 3 rings (SSSR count). The molecular formula is C23H27P. The van der Waals surface area contributed by atoms with Gasteiger partial charge in [-0.1, -0.05) is 0 Å². The Morgan fingerprint density at radius 2 is 0.875 bits per heavy atom. The van der Waals surface area contributed by atoms with Crippen LogP contribution in [0.1, 0.15) is 13.8 Å². The van der Waals surface area contributed by atoms with E-state index in [1.807, 2.05) is 0 Å². The Kier molecular flexibility index (Phi) is 4.61. The summed E-state index contributed by atoms with van der Waals surface area (Å²) in [4.78, 5) is 0. The summed E-state index contributed by atoms with van der Waals surface area (Å²) in [6.45, 7) is 4.75. The molecular weight excluding hydrogens is 307 g/mol. The third-order valence-electron chi connectivity index (χ3n) is 5.19. The van der Waals surface area contributed by atoms with Crippen LogP contribution in [0, 0.1) is 5.92 Å². The number of hydrogen-bond donors (Lipinski definition) is 0. The van der Waals surface area contributed by atoms with Crippen molar-refractivity contribution in [3.8, 4) is 0 Å². The quantitative estimate of drug-likeness (QED) is 0.588. The number of benzene rings is 3. The third-order valence-corrected chi connectivity index (χ3v) is 11.9. The molecule has 0 aliphatic heterocycles. The molecule has 0 heterocycles. The fourth-order valence-electron chi connectivity index (χ4n) is 4.17. The van der Waals surface area contributed by atoms with E-state index >= 15 is 0 Å². The predicted molar refractivity (Wildman–Crippen MR) is 111 cm³/mol. The molecule has 0 aliphatic rings. The van der Waals surface area contributed by atoms with Crippen molar-refractivity contribution >= 4 is 22.5 Å². The van der Waals surface area contributed by atoms with E-state index in [2.05, 4.69) is 112 Å². The van der Waals surface area contributed by atoms with Crippen LogP contribution in [0.3, 0.4) is 0 Å². The Morgan fingerprint density at radius 1 is 0.583 bits per heavy atom. The topological polar surface area (TPSA) is 0 Å². The second-order valence-corrected chi connectivity index (χ2v) is 12.9. The van der Waals surface area contributed by atoms with Gasteiger partial charge in [-0.2, -0.15) is 0 Å². The molecule has 3 aromatic carbocycles. The van der Waals surface area contributed by atoms with Gasteiger partial charge in [-0.05, 0) is 0 Å². The van der Waals surface area contributed by atoms with E-state index in [0.717, 1.165) is 0 Å². The second-order valence-electron chi connectivity index (χ2n) is 7.38. The Hall–Kier alpha value is -1.91. The van der Waals surface area contributed by atoms with Crippen LogP contribution in [0.25, 0.3) is 0 Å². The van der Waals surface area contributed by atoms with Gasteiger partial charge in [0, 0.05) is 0 Å². The van der Waals surface area contributed by atoms with E-state index in [1.165, 1.54) is 22.1 Å². The average molecular weight is 334 g/mol. The maximum atomic E-state index is 2.55. The zero-order chi connectivity index (χ0) is 17.1. The molecule has 0 radical (unpaired) electrons. The van der Waals surface area contributed by atoms with Gasteiger partial charge in [-0.3, -0.25) is 0 Å². The molecule has 0 aromatic heterocycles. The molecule has 0 N–H and O–H groups in total. The molecule has 0 unspecified atom stereocenters. The van der Waals surface area contributed by atoms with E-state index in [9.17, 15) is 0 Å². The van der Waals surface area contributed by atoms with E-state index in [0.29, 0.717) is 5.92 Å². The zero-order valence-electron chi connectivity index (χ0n) is 14.9. The van der Waals surface area contributed by atoms with Crippen molar-refractivity contribution in [2.45, 2.75) is 13.8 Å². The molecule has 0 saturated carbocycles. The second kappa shape index (κ2) is 6.54. The number of hydrogen-bond acceptors (Lipinski definition) is 0. The Morgan fingerprint density at radius 3 is 1.12 bits per heavy atom. The average Bonchev–Trinajstić information content (AvgIpc) is 2.63. The van der Waals surface area contributed by atoms with Crippen molar-refractivity contribution in [1.82, 2.24) is 0 Å².